The van der Waals surface area contributed by atoms with E-state index in [0.29, 0.717) is 18.3 Å². The Kier molecular flexibility index (Phi) is 4.91. The van der Waals surface area contributed by atoms with Crippen molar-refractivity contribution in [3.63, 3.8) is 0 Å². The van der Waals surface area contributed by atoms with Crippen LogP contribution in [0.15, 0.2) is 48.8 Å². The molecule has 1 aromatic carbocycles. The van der Waals surface area contributed by atoms with E-state index in [0.717, 1.165) is 32.2 Å². The number of nitrogens with zero attached hydrogens (tertiary/aromatic N) is 4. The van der Waals surface area contributed by atoms with Gasteiger partial charge >= 0.3 is 0 Å². The second kappa shape index (κ2) is 7.65. The maximum atomic E-state index is 9.07. The minimum atomic E-state index is 0.00306. The molecular weight excluding hydrogens is 360 g/mol. The van der Waals surface area contributed by atoms with Crippen molar-refractivity contribution in [1.29, 1.82) is 0 Å². The number of hydrogen-bond acceptors (Lipinski definition) is 8. The van der Waals surface area contributed by atoms with Crippen LogP contribution < -0.4 is 10.6 Å². The molecule has 3 aromatic heterocycles. The lowest BCUT2D eigenvalue weighted by Gasteiger charge is -2.11. The topological polar surface area (TPSA) is 95.9 Å². The molecule has 0 unspecified atom stereocenters. The molecule has 0 atom stereocenters. The summed E-state index contributed by atoms with van der Waals surface area (Å²) in [5.41, 5.74) is 3.49. The number of thiazole rings is 1. The van der Waals surface area contributed by atoms with Gasteiger partial charge in [-0.15, -0.1) is 11.3 Å². The highest BCUT2D eigenvalue weighted by atomic mass is 32.1. The number of benzene rings is 1. The molecule has 0 radical (unpaired) electrons. The summed E-state index contributed by atoms with van der Waals surface area (Å²) in [5.74, 6) is 1.09. The molecular formula is C19H18N6OS. The predicted molar refractivity (Wildman–Crippen MR) is 108 cm³/mol. The zero-order valence-corrected chi connectivity index (χ0v) is 15.5. The van der Waals surface area contributed by atoms with E-state index in [1.54, 1.807) is 23.7 Å². The van der Waals surface area contributed by atoms with Crippen LogP contribution >= 0.6 is 11.3 Å². The highest BCUT2D eigenvalue weighted by molar-refractivity contribution is 7.18. The minimum absolute atomic E-state index is 0.00306. The number of hydrogen-bond donors (Lipinski definition) is 3. The number of nitrogens with one attached hydrogen (secondary N) is 2. The van der Waals surface area contributed by atoms with Crippen molar-refractivity contribution in [2.75, 3.05) is 23.8 Å². The third kappa shape index (κ3) is 4.02. The van der Waals surface area contributed by atoms with Gasteiger partial charge in [-0.1, -0.05) is 0 Å². The van der Waals surface area contributed by atoms with Crippen molar-refractivity contribution < 1.29 is 5.11 Å². The quantitative estimate of drug-likeness (QED) is 0.472. The van der Waals surface area contributed by atoms with Crippen LogP contribution in [0.3, 0.4) is 0 Å². The van der Waals surface area contributed by atoms with Gasteiger partial charge in [-0.25, -0.2) is 9.97 Å². The lowest BCUT2D eigenvalue weighted by atomic mass is 10.2. The third-order valence-electron chi connectivity index (χ3n) is 3.85. The Hall–Kier alpha value is -3.10. The van der Waals surface area contributed by atoms with Crippen molar-refractivity contribution in [2.45, 2.75) is 6.92 Å². The molecule has 8 heteroatoms. The van der Waals surface area contributed by atoms with Gasteiger partial charge in [0.05, 0.1) is 27.5 Å². The molecule has 0 fully saturated rings. The van der Waals surface area contributed by atoms with Crippen LogP contribution in [0.2, 0.25) is 0 Å². The van der Waals surface area contributed by atoms with Gasteiger partial charge < -0.3 is 15.7 Å². The fourth-order valence-electron chi connectivity index (χ4n) is 2.69. The molecule has 4 rings (SSSR count). The molecule has 0 aliphatic heterocycles. The number of aromatic nitrogens is 4. The summed E-state index contributed by atoms with van der Waals surface area (Å²) in [7, 11) is 0. The summed E-state index contributed by atoms with van der Waals surface area (Å²) in [6, 6.07) is 11.7. The number of aliphatic hydroxyl groups is 1. The third-order valence-corrected chi connectivity index (χ3v) is 4.80. The molecule has 0 bridgehead atoms. The fourth-order valence-corrected chi connectivity index (χ4v) is 3.50. The Bertz CT molecular complexity index is 1070. The van der Waals surface area contributed by atoms with Crippen LogP contribution in [-0.4, -0.2) is 38.2 Å². The molecule has 4 aromatic rings. The summed E-state index contributed by atoms with van der Waals surface area (Å²) < 4.78 is 1.15. The number of fused-ring (bicyclic) bond motifs is 1. The smallest absolute Gasteiger partial charge is 0.225 e. The van der Waals surface area contributed by atoms with Gasteiger partial charge in [0.25, 0.3) is 0 Å². The van der Waals surface area contributed by atoms with Gasteiger partial charge in [0.2, 0.25) is 5.95 Å². The maximum absolute atomic E-state index is 9.07. The lowest BCUT2D eigenvalue weighted by Crippen LogP contribution is -2.10. The van der Waals surface area contributed by atoms with E-state index in [4.69, 9.17) is 5.11 Å². The Balaban J connectivity index is 1.69. The first-order chi connectivity index (χ1) is 13.2. The van der Waals surface area contributed by atoms with Crippen LogP contribution in [0.25, 0.3) is 21.5 Å². The molecule has 0 aliphatic carbocycles. The SMILES string of the molecule is Cc1nc2cc(Nc3cc(-c4cccnc4)nc(NCCO)n3)ccc2s1. The van der Waals surface area contributed by atoms with E-state index < -0.39 is 0 Å². The first kappa shape index (κ1) is 17.3. The number of aliphatic hydroxyl groups excluding tert-OH is 1. The van der Waals surface area contributed by atoms with Crippen LogP contribution in [-0.2, 0) is 0 Å². The van der Waals surface area contributed by atoms with Gasteiger partial charge in [-0.3, -0.25) is 4.98 Å². The first-order valence-corrected chi connectivity index (χ1v) is 9.31. The van der Waals surface area contributed by atoms with Crippen molar-refractivity contribution in [2.24, 2.45) is 0 Å². The van der Waals surface area contributed by atoms with Crippen LogP contribution in [0.4, 0.5) is 17.5 Å². The largest absolute Gasteiger partial charge is 0.395 e. The molecule has 136 valence electrons. The number of aryl methyl sites for hydroxylation is 1. The minimum Gasteiger partial charge on any atom is -0.395 e. The first-order valence-electron chi connectivity index (χ1n) is 8.50. The highest BCUT2D eigenvalue weighted by Crippen LogP contribution is 2.27. The lowest BCUT2D eigenvalue weighted by molar-refractivity contribution is 0.311. The molecule has 0 amide bonds. The van der Waals surface area contributed by atoms with Crippen LogP contribution in [0, 0.1) is 6.92 Å². The summed E-state index contributed by atoms with van der Waals surface area (Å²) in [6.07, 6.45) is 3.48. The fraction of sp³-hybridized carbons (Fsp3) is 0.158. The summed E-state index contributed by atoms with van der Waals surface area (Å²) in [5, 5.41) is 16.5. The average molecular weight is 378 g/mol. The zero-order valence-electron chi connectivity index (χ0n) is 14.7. The second-order valence-electron chi connectivity index (χ2n) is 5.89. The molecule has 0 spiro atoms. The van der Waals surface area contributed by atoms with Crippen LogP contribution in [0.5, 0.6) is 0 Å². The number of pyridine rings is 1. The predicted octanol–water partition coefficient (Wildman–Crippen LogP) is 3.60. The summed E-state index contributed by atoms with van der Waals surface area (Å²) >= 11 is 1.67. The van der Waals surface area contributed by atoms with E-state index in [-0.39, 0.29) is 6.61 Å². The van der Waals surface area contributed by atoms with E-state index in [1.165, 1.54) is 0 Å². The Morgan fingerprint density at radius 1 is 1.11 bits per heavy atom. The Morgan fingerprint density at radius 3 is 2.85 bits per heavy atom. The van der Waals surface area contributed by atoms with Crippen molar-refractivity contribution in [1.82, 2.24) is 19.9 Å². The Morgan fingerprint density at radius 2 is 2.04 bits per heavy atom. The van der Waals surface area contributed by atoms with Gasteiger partial charge in [0, 0.05) is 36.3 Å². The standard InChI is InChI=1S/C19H18N6OS/c1-12-22-16-9-14(4-5-17(16)27-12)23-18-10-15(13-3-2-6-20-11-13)24-19(25-18)21-7-8-26/h2-6,9-11,26H,7-8H2,1H3,(H2,21,23,24,25). The highest BCUT2D eigenvalue weighted by Gasteiger charge is 2.08. The summed E-state index contributed by atoms with van der Waals surface area (Å²) in [6.45, 7) is 2.38. The van der Waals surface area contributed by atoms with Crippen molar-refractivity contribution in [3.05, 3.63) is 53.8 Å². The molecule has 0 saturated heterocycles. The normalized spacial score (nSPS) is 10.9. The second-order valence-corrected chi connectivity index (χ2v) is 7.13. The van der Waals surface area contributed by atoms with Crippen molar-refractivity contribution >= 4 is 39.0 Å². The maximum Gasteiger partial charge on any atom is 0.225 e. The molecule has 3 N–H and O–H groups in total. The van der Waals surface area contributed by atoms with Gasteiger partial charge in [0.1, 0.15) is 5.82 Å². The van der Waals surface area contributed by atoms with Gasteiger partial charge in [-0.2, -0.15) is 4.98 Å². The molecule has 7 nitrogen and oxygen atoms in total. The van der Waals surface area contributed by atoms with Gasteiger partial charge in [-0.05, 0) is 37.3 Å². The molecule has 0 aliphatic rings. The Labute approximate surface area is 160 Å². The van der Waals surface area contributed by atoms with E-state index >= 15 is 0 Å². The zero-order chi connectivity index (χ0) is 18.6. The molecule has 27 heavy (non-hydrogen) atoms. The number of rotatable bonds is 6. The average Bonchev–Trinajstić information content (AvgIpc) is 3.06. The van der Waals surface area contributed by atoms with E-state index in [1.807, 2.05) is 37.3 Å². The number of anilines is 3. The van der Waals surface area contributed by atoms with Crippen LogP contribution in [0.1, 0.15) is 5.01 Å². The molecule has 3 heterocycles. The van der Waals surface area contributed by atoms with Crippen molar-refractivity contribution in [3.8, 4) is 11.3 Å². The van der Waals surface area contributed by atoms with E-state index in [2.05, 4.69) is 36.6 Å². The van der Waals surface area contributed by atoms with Gasteiger partial charge in [0.15, 0.2) is 0 Å². The monoisotopic (exact) mass is 378 g/mol. The molecule has 0 saturated carbocycles. The van der Waals surface area contributed by atoms with E-state index in [9.17, 15) is 0 Å². The summed E-state index contributed by atoms with van der Waals surface area (Å²) in [4.78, 5) is 17.7.